The standard InChI is InChI=1S/C17H19N5O3/c1-23-11-14-18-15(24-20-14)10-22-9-5-8-13(22)17-19-16(21-25-17)12-6-3-2-4-7-12/h2-4,6-7,13H,5,8-11H2,1H3/t13-/m1/s1. The fourth-order valence-electron chi connectivity index (χ4n) is 3.09. The van der Waals surface area contributed by atoms with E-state index in [2.05, 4.69) is 25.2 Å². The molecule has 1 atom stereocenters. The predicted octanol–water partition coefficient (Wildman–Crippen LogP) is 2.60. The number of nitrogens with zero attached hydrogens (tertiary/aromatic N) is 5. The molecule has 0 bridgehead atoms. The molecule has 1 aliphatic rings. The molecular weight excluding hydrogens is 322 g/mol. The molecule has 3 heterocycles. The van der Waals surface area contributed by atoms with Crippen LogP contribution >= 0.6 is 0 Å². The number of ether oxygens (including phenoxy) is 1. The first-order valence-corrected chi connectivity index (χ1v) is 8.27. The molecule has 130 valence electrons. The van der Waals surface area contributed by atoms with Crippen LogP contribution in [0.2, 0.25) is 0 Å². The molecule has 1 fully saturated rings. The molecule has 0 N–H and O–H groups in total. The Hall–Kier alpha value is -2.58. The lowest BCUT2D eigenvalue weighted by Crippen LogP contribution is -2.23. The zero-order valence-corrected chi connectivity index (χ0v) is 14.0. The van der Waals surface area contributed by atoms with E-state index in [1.54, 1.807) is 7.11 Å². The van der Waals surface area contributed by atoms with Crippen molar-refractivity contribution in [3.63, 3.8) is 0 Å². The van der Waals surface area contributed by atoms with Gasteiger partial charge in [-0.2, -0.15) is 9.97 Å². The van der Waals surface area contributed by atoms with Crippen molar-refractivity contribution in [1.29, 1.82) is 0 Å². The number of methoxy groups -OCH3 is 1. The zero-order chi connectivity index (χ0) is 17.1. The Kier molecular flexibility index (Phi) is 4.53. The highest BCUT2D eigenvalue weighted by Gasteiger charge is 2.32. The smallest absolute Gasteiger partial charge is 0.244 e. The van der Waals surface area contributed by atoms with Gasteiger partial charge in [-0.3, -0.25) is 4.90 Å². The summed E-state index contributed by atoms with van der Waals surface area (Å²) in [7, 11) is 1.60. The van der Waals surface area contributed by atoms with E-state index in [4.69, 9.17) is 13.8 Å². The summed E-state index contributed by atoms with van der Waals surface area (Å²) in [5, 5.41) is 8.02. The fraction of sp³-hybridized carbons (Fsp3) is 0.412. The van der Waals surface area contributed by atoms with E-state index in [1.165, 1.54) is 0 Å². The van der Waals surface area contributed by atoms with Crippen molar-refractivity contribution in [3.05, 3.63) is 47.9 Å². The lowest BCUT2D eigenvalue weighted by Gasteiger charge is -2.18. The summed E-state index contributed by atoms with van der Waals surface area (Å²) >= 11 is 0. The van der Waals surface area contributed by atoms with E-state index in [1.807, 2.05) is 30.3 Å². The van der Waals surface area contributed by atoms with Crippen LogP contribution < -0.4 is 0 Å². The molecule has 8 nitrogen and oxygen atoms in total. The van der Waals surface area contributed by atoms with Gasteiger partial charge in [0, 0.05) is 12.7 Å². The van der Waals surface area contributed by atoms with E-state index in [-0.39, 0.29) is 6.04 Å². The summed E-state index contributed by atoms with van der Waals surface area (Å²) in [4.78, 5) is 11.1. The summed E-state index contributed by atoms with van der Waals surface area (Å²) in [5.41, 5.74) is 0.947. The van der Waals surface area contributed by atoms with Crippen molar-refractivity contribution in [1.82, 2.24) is 25.2 Å². The van der Waals surface area contributed by atoms with Gasteiger partial charge >= 0.3 is 0 Å². The Morgan fingerprint density at radius 3 is 2.88 bits per heavy atom. The van der Waals surface area contributed by atoms with Crippen LogP contribution in [0.25, 0.3) is 11.4 Å². The third-order valence-corrected chi connectivity index (χ3v) is 4.24. The molecule has 1 saturated heterocycles. The lowest BCUT2D eigenvalue weighted by molar-refractivity contribution is 0.172. The van der Waals surface area contributed by atoms with Crippen LogP contribution in [-0.2, 0) is 17.9 Å². The van der Waals surface area contributed by atoms with Gasteiger partial charge in [0.2, 0.25) is 17.6 Å². The predicted molar refractivity (Wildman–Crippen MR) is 87.1 cm³/mol. The minimum absolute atomic E-state index is 0.0720. The molecule has 0 unspecified atom stereocenters. The van der Waals surface area contributed by atoms with Crippen molar-refractivity contribution < 1.29 is 13.8 Å². The zero-order valence-electron chi connectivity index (χ0n) is 14.0. The molecule has 1 aromatic carbocycles. The Balaban J connectivity index is 1.48. The van der Waals surface area contributed by atoms with Crippen LogP contribution in [0.3, 0.4) is 0 Å². The van der Waals surface area contributed by atoms with Gasteiger partial charge < -0.3 is 13.8 Å². The molecule has 2 aromatic heterocycles. The van der Waals surface area contributed by atoms with Crippen LogP contribution in [0.15, 0.2) is 39.4 Å². The average molecular weight is 341 g/mol. The van der Waals surface area contributed by atoms with Gasteiger partial charge in [-0.25, -0.2) is 0 Å². The lowest BCUT2D eigenvalue weighted by atomic mass is 10.2. The Labute approximate surface area is 144 Å². The second kappa shape index (κ2) is 7.12. The molecule has 1 aliphatic heterocycles. The summed E-state index contributed by atoms with van der Waals surface area (Å²) in [6.07, 6.45) is 2.03. The Morgan fingerprint density at radius 1 is 1.16 bits per heavy atom. The second-order valence-corrected chi connectivity index (χ2v) is 5.99. The average Bonchev–Trinajstić information content (AvgIpc) is 3.37. The van der Waals surface area contributed by atoms with Gasteiger partial charge in [-0.1, -0.05) is 40.6 Å². The number of likely N-dealkylation sites (tertiary alicyclic amines) is 1. The van der Waals surface area contributed by atoms with Crippen molar-refractivity contribution >= 4 is 0 Å². The van der Waals surface area contributed by atoms with Crippen LogP contribution in [0.4, 0.5) is 0 Å². The van der Waals surface area contributed by atoms with Crippen LogP contribution in [0.1, 0.15) is 36.5 Å². The first kappa shape index (κ1) is 15.9. The largest absolute Gasteiger partial charge is 0.377 e. The van der Waals surface area contributed by atoms with E-state index in [9.17, 15) is 0 Å². The van der Waals surface area contributed by atoms with Crippen molar-refractivity contribution in [2.45, 2.75) is 32.0 Å². The quantitative estimate of drug-likeness (QED) is 0.676. The van der Waals surface area contributed by atoms with E-state index in [0.717, 1.165) is 24.9 Å². The van der Waals surface area contributed by atoms with E-state index < -0.39 is 0 Å². The molecular formula is C17H19N5O3. The van der Waals surface area contributed by atoms with Crippen LogP contribution in [0.5, 0.6) is 0 Å². The Morgan fingerprint density at radius 2 is 2.04 bits per heavy atom. The molecule has 0 spiro atoms. The van der Waals surface area contributed by atoms with E-state index >= 15 is 0 Å². The summed E-state index contributed by atoms with van der Waals surface area (Å²) in [6, 6.07) is 9.89. The SMILES string of the molecule is COCc1noc(CN2CCC[C@@H]2c2nc(-c3ccccc3)no2)n1. The van der Waals surface area contributed by atoms with Crippen molar-refractivity contribution in [3.8, 4) is 11.4 Å². The highest BCUT2D eigenvalue weighted by atomic mass is 16.5. The van der Waals surface area contributed by atoms with Crippen molar-refractivity contribution in [2.75, 3.05) is 13.7 Å². The molecule has 0 aliphatic carbocycles. The third-order valence-electron chi connectivity index (χ3n) is 4.24. The number of hydrogen-bond donors (Lipinski definition) is 0. The number of hydrogen-bond acceptors (Lipinski definition) is 8. The van der Waals surface area contributed by atoms with E-state index in [0.29, 0.717) is 36.6 Å². The van der Waals surface area contributed by atoms with Gasteiger partial charge in [0.05, 0.1) is 12.6 Å². The topological polar surface area (TPSA) is 90.3 Å². The minimum atomic E-state index is 0.0720. The second-order valence-electron chi connectivity index (χ2n) is 5.99. The maximum atomic E-state index is 5.53. The molecule has 0 saturated carbocycles. The first-order valence-electron chi connectivity index (χ1n) is 8.27. The highest BCUT2D eigenvalue weighted by molar-refractivity contribution is 5.53. The van der Waals surface area contributed by atoms with Gasteiger partial charge in [0.1, 0.15) is 6.61 Å². The minimum Gasteiger partial charge on any atom is -0.377 e. The maximum Gasteiger partial charge on any atom is 0.244 e. The number of rotatable bonds is 6. The van der Waals surface area contributed by atoms with Gasteiger partial charge in [-0.05, 0) is 19.4 Å². The van der Waals surface area contributed by atoms with Gasteiger partial charge in [0.15, 0.2) is 5.82 Å². The summed E-state index contributed by atoms with van der Waals surface area (Å²) < 4.78 is 15.8. The normalized spacial score (nSPS) is 18.0. The maximum absolute atomic E-state index is 5.53. The third kappa shape index (κ3) is 3.45. The highest BCUT2D eigenvalue weighted by Crippen LogP contribution is 2.33. The molecule has 25 heavy (non-hydrogen) atoms. The summed E-state index contributed by atoms with van der Waals surface area (Å²) in [5.74, 6) is 2.37. The first-order chi connectivity index (χ1) is 12.3. The molecule has 0 radical (unpaired) electrons. The molecule has 0 amide bonds. The number of aromatic nitrogens is 4. The monoisotopic (exact) mass is 341 g/mol. The summed E-state index contributed by atoms with van der Waals surface area (Å²) in [6.45, 7) is 1.83. The van der Waals surface area contributed by atoms with Gasteiger partial charge in [-0.15, -0.1) is 0 Å². The van der Waals surface area contributed by atoms with Crippen molar-refractivity contribution in [2.24, 2.45) is 0 Å². The van der Waals surface area contributed by atoms with Crippen LogP contribution in [0, 0.1) is 0 Å². The van der Waals surface area contributed by atoms with Crippen LogP contribution in [-0.4, -0.2) is 38.8 Å². The Bertz CT molecular complexity index is 817. The fourth-order valence-corrected chi connectivity index (χ4v) is 3.09. The van der Waals surface area contributed by atoms with Gasteiger partial charge in [0.25, 0.3) is 0 Å². The number of benzene rings is 1. The molecule has 8 heteroatoms. The molecule has 4 rings (SSSR count). The molecule has 3 aromatic rings.